The highest BCUT2D eigenvalue weighted by Crippen LogP contribution is 2.28. The molecule has 15 heavy (non-hydrogen) atoms. The molecule has 0 aliphatic carbocycles. The smallest absolute Gasteiger partial charge is 0.358 e. The molecule has 7 heteroatoms. The lowest BCUT2D eigenvalue weighted by atomic mass is 10.1. The van der Waals surface area contributed by atoms with E-state index in [0.29, 0.717) is 0 Å². The van der Waals surface area contributed by atoms with E-state index in [2.05, 4.69) is 4.98 Å². The quantitative estimate of drug-likeness (QED) is 0.617. The average Bonchev–Trinajstić information content (AvgIpc) is 2.16. The van der Waals surface area contributed by atoms with E-state index in [1.807, 2.05) is 0 Å². The highest BCUT2D eigenvalue weighted by molar-refractivity contribution is 5.43. The summed E-state index contributed by atoms with van der Waals surface area (Å²) in [6.45, 7) is 1.19. The van der Waals surface area contributed by atoms with Gasteiger partial charge in [0, 0.05) is 6.54 Å². The molecular weight excluding hydrogens is 208 g/mol. The SMILES string of the molecule is Cc1c([N+](=O)[O-])ncc(C(F)F)c1CN. The maximum Gasteiger partial charge on any atom is 0.366 e. The van der Waals surface area contributed by atoms with Gasteiger partial charge < -0.3 is 15.8 Å². The molecule has 82 valence electrons. The normalized spacial score (nSPS) is 10.7. The first-order valence-electron chi connectivity index (χ1n) is 4.10. The van der Waals surface area contributed by atoms with E-state index in [9.17, 15) is 18.9 Å². The number of hydrogen-bond acceptors (Lipinski definition) is 4. The lowest BCUT2D eigenvalue weighted by Gasteiger charge is -2.08. The Balaban J connectivity index is 3.39. The van der Waals surface area contributed by atoms with Gasteiger partial charge in [0.05, 0.1) is 11.1 Å². The van der Waals surface area contributed by atoms with Crippen molar-refractivity contribution < 1.29 is 13.7 Å². The van der Waals surface area contributed by atoms with E-state index in [1.54, 1.807) is 0 Å². The molecule has 0 saturated heterocycles. The van der Waals surface area contributed by atoms with Crippen molar-refractivity contribution in [3.63, 3.8) is 0 Å². The predicted molar refractivity (Wildman–Crippen MR) is 48.5 cm³/mol. The molecule has 2 N–H and O–H groups in total. The number of nitrogens with two attached hydrogens (primary N) is 1. The summed E-state index contributed by atoms with van der Waals surface area (Å²) in [5.41, 5.74) is 5.11. The largest absolute Gasteiger partial charge is 0.366 e. The van der Waals surface area contributed by atoms with Crippen molar-refractivity contribution in [3.8, 4) is 0 Å². The van der Waals surface area contributed by atoms with Crippen LogP contribution in [0.25, 0.3) is 0 Å². The number of rotatable bonds is 3. The molecule has 0 aromatic carbocycles. The molecule has 0 radical (unpaired) electrons. The molecule has 0 amide bonds. The van der Waals surface area contributed by atoms with Crippen LogP contribution < -0.4 is 5.73 Å². The molecule has 0 aliphatic rings. The fourth-order valence-corrected chi connectivity index (χ4v) is 1.30. The molecule has 1 aromatic rings. The van der Waals surface area contributed by atoms with E-state index >= 15 is 0 Å². The Hall–Kier alpha value is -1.63. The number of halogens is 2. The minimum atomic E-state index is -2.73. The van der Waals surface area contributed by atoms with E-state index in [0.717, 1.165) is 6.20 Å². The maximum atomic E-state index is 12.5. The van der Waals surface area contributed by atoms with Gasteiger partial charge in [-0.15, -0.1) is 0 Å². The fraction of sp³-hybridized carbons (Fsp3) is 0.375. The zero-order valence-corrected chi connectivity index (χ0v) is 7.91. The Morgan fingerprint density at radius 3 is 2.67 bits per heavy atom. The van der Waals surface area contributed by atoms with E-state index in [-0.39, 0.29) is 23.2 Å². The van der Waals surface area contributed by atoms with Crippen LogP contribution in [0.1, 0.15) is 23.1 Å². The third-order valence-corrected chi connectivity index (χ3v) is 2.07. The van der Waals surface area contributed by atoms with Crippen LogP contribution in [0.3, 0.4) is 0 Å². The number of pyridine rings is 1. The van der Waals surface area contributed by atoms with Crippen LogP contribution in [0, 0.1) is 17.0 Å². The number of alkyl halides is 2. The molecule has 0 spiro atoms. The van der Waals surface area contributed by atoms with Crippen LogP contribution in [0.5, 0.6) is 0 Å². The molecule has 1 aromatic heterocycles. The third kappa shape index (κ3) is 2.07. The minimum Gasteiger partial charge on any atom is -0.358 e. The zero-order valence-electron chi connectivity index (χ0n) is 7.91. The first kappa shape index (κ1) is 11.4. The lowest BCUT2D eigenvalue weighted by molar-refractivity contribution is -0.390. The second-order valence-electron chi connectivity index (χ2n) is 2.90. The molecule has 0 aliphatic heterocycles. The summed E-state index contributed by atoms with van der Waals surface area (Å²) in [5.74, 6) is -0.431. The highest BCUT2D eigenvalue weighted by atomic mass is 19.3. The van der Waals surface area contributed by atoms with Crippen molar-refractivity contribution in [2.24, 2.45) is 5.73 Å². The molecule has 1 heterocycles. The molecule has 0 unspecified atom stereocenters. The molecule has 0 fully saturated rings. The third-order valence-electron chi connectivity index (χ3n) is 2.07. The van der Waals surface area contributed by atoms with Crippen LogP contribution in [0.15, 0.2) is 6.20 Å². The summed E-state index contributed by atoms with van der Waals surface area (Å²) < 4.78 is 24.9. The summed E-state index contributed by atoms with van der Waals surface area (Å²) in [5, 5.41) is 10.5. The van der Waals surface area contributed by atoms with Gasteiger partial charge in [0.15, 0.2) is 0 Å². The second kappa shape index (κ2) is 4.26. The maximum absolute atomic E-state index is 12.5. The van der Waals surface area contributed by atoms with Crippen molar-refractivity contribution in [2.45, 2.75) is 19.9 Å². The van der Waals surface area contributed by atoms with Crippen molar-refractivity contribution in [2.75, 3.05) is 0 Å². The van der Waals surface area contributed by atoms with Gasteiger partial charge in [-0.1, -0.05) is 0 Å². The summed E-state index contributed by atoms with van der Waals surface area (Å²) in [4.78, 5) is 13.1. The summed E-state index contributed by atoms with van der Waals surface area (Å²) in [7, 11) is 0. The van der Waals surface area contributed by atoms with Gasteiger partial charge in [-0.05, 0) is 22.4 Å². The molecular formula is C8H9F2N3O2. The van der Waals surface area contributed by atoms with E-state index in [1.165, 1.54) is 6.92 Å². The Morgan fingerprint density at radius 2 is 2.27 bits per heavy atom. The molecule has 5 nitrogen and oxygen atoms in total. The lowest BCUT2D eigenvalue weighted by Crippen LogP contribution is -2.08. The van der Waals surface area contributed by atoms with E-state index in [4.69, 9.17) is 5.73 Å². The summed E-state index contributed by atoms with van der Waals surface area (Å²) in [6.07, 6.45) is -1.92. The van der Waals surface area contributed by atoms with Crippen molar-refractivity contribution >= 4 is 5.82 Å². The van der Waals surface area contributed by atoms with Gasteiger partial charge in [-0.2, -0.15) is 0 Å². The van der Waals surface area contributed by atoms with E-state index < -0.39 is 17.2 Å². The van der Waals surface area contributed by atoms with Crippen molar-refractivity contribution in [1.82, 2.24) is 4.98 Å². The van der Waals surface area contributed by atoms with Gasteiger partial charge in [0.2, 0.25) is 0 Å². The van der Waals surface area contributed by atoms with Crippen LogP contribution in [-0.4, -0.2) is 9.91 Å². The Morgan fingerprint density at radius 1 is 1.67 bits per heavy atom. The van der Waals surface area contributed by atoms with Crippen LogP contribution in [0.4, 0.5) is 14.6 Å². The van der Waals surface area contributed by atoms with Crippen LogP contribution in [0.2, 0.25) is 0 Å². The van der Waals surface area contributed by atoms with Crippen molar-refractivity contribution in [1.29, 1.82) is 0 Å². The minimum absolute atomic E-state index is 0.0895. The predicted octanol–water partition coefficient (Wildman–Crippen LogP) is 1.69. The average molecular weight is 217 g/mol. The molecule has 0 bridgehead atoms. The Labute approximate surface area is 84.1 Å². The topological polar surface area (TPSA) is 82.0 Å². The summed E-state index contributed by atoms with van der Waals surface area (Å²) >= 11 is 0. The Kier molecular flexibility index (Phi) is 3.25. The summed E-state index contributed by atoms with van der Waals surface area (Å²) in [6, 6.07) is 0. The number of hydrogen-bond donors (Lipinski definition) is 1. The first-order valence-corrected chi connectivity index (χ1v) is 4.10. The standard InChI is InChI=1S/C8H9F2N3O2/c1-4-5(2-11)6(7(9)10)3-12-8(4)13(14)15/h3,7H,2,11H2,1H3. The van der Waals surface area contributed by atoms with Gasteiger partial charge in [-0.25, -0.2) is 8.78 Å². The second-order valence-corrected chi connectivity index (χ2v) is 2.90. The molecule has 0 atom stereocenters. The first-order chi connectivity index (χ1) is 6.99. The number of aromatic nitrogens is 1. The highest BCUT2D eigenvalue weighted by Gasteiger charge is 2.23. The van der Waals surface area contributed by atoms with Crippen LogP contribution >= 0.6 is 0 Å². The molecule has 0 saturated carbocycles. The zero-order chi connectivity index (χ0) is 11.6. The van der Waals surface area contributed by atoms with Crippen molar-refractivity contribution in [3.05, 3.63) is 33.0 Å². The van der Waals surface area contributed by atoms with Gasteiger partial charge in [0.25, 0.3) is 6.43 Å². The monoisotopic (exact) mass is 217 g/mol. The Bertz CT molecular complexity index is 396. The van der Waals surface area contributed by atoms with Crippen LogP contribution in [-0.2, 0) is 6.54 Å². The van der Waals surface area contributed by atoms with Gasteiger partial charge in [0.1, 0.15) is 6.20 Å². The number of nitrogens with zero attached hydrogens (tertiary/aromatic N) is 2. The number of nitro groups is 1. The molecule has 1 rings (SSSR count). The fourth-order valence-electron chi connectivity index (χ4n) is 1.30. The van der Waals surface area contributed by atoms with Gasteiger partial charge >= 0.3 is 5.82 Å². The van der Waals surface area contributed by atoms with Gasteiger partial charge in [-0.3, -0.25) is 0 Å².